The van der Waals surface area contributed by atoms with Crippen LogP contribution in [0, 0.1) is 0 Å². The van der Waals surface area contributed by atoms with Crippen LogP contribution in [0.5, 0.6) is 5.75 Å². The predicted octanol–water partition coefficient (Wildman–Crippen LogP) is 3.66. The average Bonchev–Trinajstić information content (AvgIpc) is 2.74. The maximum Gasteiger partial charge on any atom is 0.251 e. The van der Waals surface area contributed by atoms with Gasteiger partial charge in [0.05, 0.1) is 12.8 Å². The molecule has 1 aromatic heterocycles. The molecule has 0 radical (unpaired) electrons. The maximum absolute atomic E-state index is 12.3. The lowest BCUT2D eigenvalue weighted by atomic mass is 10.1. The number of aromatic nitrogens is 2. The van der Waals surface area contributed by atoms with Crippen LogP contribution >= 0.6 is 11.8 Å². The molecule has 0 spiro atoms. The normalized spacial score (nSPS) is 14.8. The maximum atomic E-state index is 12.3. The predicted molar refractivity (Wildman–Crippen MR) is 115 cm³/mol. The van der Waals surface area contributed by atoms with Crippen LogP contribution in [-0.2, 0) is 6.54 Å². The van der Waals surface area contributed by atoms with Crippen molar-refractivity contribution in [2.24, 2.45) is 0 Å². The topological polar surface area (TPSA) is 58.2 Å². The van der Waals surface area contributed by atoms with Crippen molar-refractivity contribution >= 4 is 11.8 Å². The molecule has 0 aliphatic carbocycles. The zero-order valence-electron chi connectivity index (χ0n) is 15.9. The molecule has 144 valence electrons. The summed E-state index contributed by atoms with van der Waals surface area (Å²) < 4.78 is 5.22. The summed E-state index contributed by atoms with van der Waals surface area (Å²) in [5.74, 6) is 3.73. The minimum absolute atomic E-state index is 0.153. The Morgan fingerprint density at radius 3 is 2.61 bits per heavy atom. The Kier molecular flexibility index (Phi) is 5.78. The van der Waals surface area contributed by atoms with E-state index in [1.54, 1.807) is 7.11 Å². The van der Waals surface area contributed by atoms with E-state index in [0.29, 0.717) is 11.5 Å². The quantitative estimate of drug-likeness (QED) is 0.717. The van der Waals surface area contributed by atoms with E-state index in [2.05, 4.69) is 16.0 Å². The van der Waals surface area contributed by atoms with Gasteiger partial charge >= 0.3 is 0 Å². The lowest BCUT2D eigenvalue weighted by molar-refractivity contribution is 0.295. The summed E-state index contributed by atoms with van der Waals surface area (Å²) in [4.78, 5) is 22.5. The van der Waals surface area contributed by atoms with Gasteiger partial charge in [-0.2, -0.15) is 11.8 Å². The van der Waals surface area contributed by atoms with E-state index in [9.17, 15) is 4.79 Å². The minimum atomic E-state index is -0.153. The van der Waals surface area contributed by atoms with Crippen molar-refractivity contribution in [2.45, 2.75) is 6.54 Å². The van der Waals surface area contributed by atoms with E-state index in [-0.39, 0.29) is 5.56 Å². The first-order chi connectivity index (χ1) is 13.7. The number of H-pyrrole nitrogens is 1. The third-order valence-corrected chi connectivity index (χ3v) is 5.84. The van der Waals surface area contributed by atoms with Gasteiger partial charge in [0.15, 0.2) is 0 Å². The second-order valence-corrected chi connectivity index (χ2v) is 7.98. The molecule has 6 heteroatoms. The molecular formula is C22H23N3O2S. The standard InChI is InChI=1S/C22H23N3O2S/c1-27-18-8-6-16(7-9-18)20-14-21(26)24-22(23-20)19-5-3-2-4-17(19)15-25-10-12-28-13-11-25/h2-9,14H,10-13,15H2,1H3,(H,23,24,26). The minimum Gasteiger partial charge on any atom is -0.497 e. The summed E-state index contributed by atoms with van der Waals surface area (Å²) in [6.07, 6.45) is 0. The molecule has 1 N–H and O–H groups in total. The highest BCUT2D eigenvalue weighted by atomic mass is 32.2. The second-order valence-electron chi connectivity index (χ2n) is 6.75. The summed E-state index contributed by atoms with van der Waals surface area (Å²) in [6, 6.07) is 17.3. The van der Waals surface area contributed by atoms with Crippen LogP contribution in [0.15, 0.2) is 59.4 Å². The highest BCUT2D eigenvalue weighted by Gasteiger charge is 2.15. The molecule has 0 amide bonds. The molecule has 1 aliphatic heterocycles. The van der Waals surface area contributed by atoms with Crippen LogP contribution in [0.4, 0.5) is 0 Å². The molecule has 4 rings (SSSR count). The Morgan fingerprint density at radius 1 is 1.11 bits per heavy atom. The number of rotatable bonds is 5. The van der Waals surface area contributed by atoms with Crippen molar-refractivity contribution in [3.05, 3.63) is 70.5 Å². The molecule has 5 nitrogen and oxygen atoms in total. The van der Waals surface area contributed by atoms with Gasteiger partial charge in [0.1, 0.15) is 11.6 Å². The highest BCUT2D eigenvalue weighted by molar-refractivity contribution is 7.99. The van der Waals surface area contributed by atoms with E-state index >= 15 is 0 Å². The Hall–Kier alpha value is -2.57. The number of hydrogen-bond acceptors (Lipinski definition) is 5. The van der Waals surface area contributed by atoms with Gasteiger partial charge in [0.2, 0.25) is 0 Å². The average molecular weight is 394 g/mol. The van der Waals surface area contributed by atoms with Gasteiger partial charge in [-0.25, -0.2) is 4.98 Å². The molecule has 2 heterocycles. The second kappa shape index (κ2) is 8.63. The molecule has 28 heavy (non-hydrogen) atoms. The van der Waals surface area contributed by atoms with Gasteiger partial charge in [0, 0.05) is 48.3 Å². The number of ether oxygens (including phenoxy) is 1. The first kappa shape index (κ1) is 18.8. The molecule has 0 bridgehead atoms. The zero-order valence-corrected chi connectivity index (χ0v) is 16.7. The van der Waals surface area contributed by atoms with E-state index < -0.39 is 0 Å². The molecule has 1 saturated heterocycles. The van der Waals surface area contributed by atoms with Crippen LogP contribution in [0.1, 0.15) is 5.56 Å². The fourth-order valence-corrected chi connectivity index (χ4v) is 4.36. The monoisotopic (exact) mass is 393 g/mol. The Labute approximate surface area is 168 Å². The molecule has 0 saturated carbocycles. The third kappa shape index (κ3) is 4.29. The van der Waals surface area contributed by atoms with Crippen LogP contribution in [-0.4, -0.2) is 46.6 Å². The van der Waals surface area contributed by atoms with Crippen molar-refractivity contribution in [3.8, 4) is 28.4 Å². The van der Waals surface area contributed by atoms with Crippen LogP contribution in [0.3, 0.4) is 0 Å². The lowest BCUT2D eigenvalue weighted by Crippen LogP contribution is -2.32. The van der Waals surface area contributed by atoms with Gasteiger partial charge in [-0.3, -0.25) is 9.69 Å². The van der Waals surface area contributed by atoms with Crippen LogP contribution in [0.2, 0.25) is 0 Å². The van der Waals surface area contributed by atoms with Crippen molar-refractivity contribution < 1.29 is 4.74 Å². The van der Waals surface area contributed by atoms with Gasteiger partial charge in [0.25, 0.3) is 5.56 Å². The summed E-state index contributed by atoms with van der Waals surface area (Å²) in [5.41, 5.74) is 3.56. The zero-order chi connectivity index (χ0) is 19.3. The van der Waals surface area contributed by atoms with Crippen molar-refractivity contribution in [2.75, 3.05) is 31.7 Å². The summed E-state index contributed by atoms with van der Waals surface area (Å²) in [6.45, 7) is 3.05. The lowest BCUT2D eigenvalue weighted by Gasteiger charge is -2.26. The van der Waals surface area contributed by atoms with E-state index in [4.69, 9.17) is 9.72 Å². The molecule has 1 fully saturated rings. The van der Waals surface area contributed by atoms with Crippen molar-refractivity contribution in [3.63, 3.8) is 0 Å². The van der Waals surface area contributed by atoms with Crippen molar-refractivity contribution in [1.82, 2.24) is 14.9 Å². The van der Waals surface area contributed by atoms with Gasteiger partial charge < -0.3 is 9.72 Å². The molecule has 0 atom stereocenters. The number of methoxy groups -OCH3 is 1. The molecule has 3 aromatic rings. The fourth-order valence-electron chi connectivity index (χ4n) is 3.38. The largest absolute Gasteiger partial charge is 0.497 e. The number of aromatic amines is 1. The SMILES string of the molecule is COc1ccc(-c2cc(=O)[nH]c(-c3ccccc3CN3CCSCC3)n2)cc1. The molecule has 0 unspecified atom stereocenters. The van der Waals surface area contributed by atoms with E-state index in [0.717, 1.165) is 36.5 Å². The summed E-state index contributed by atoms with van der Waals surface area (Å²) in [7, 11) is 1.64. The molecule has 2 aromatic carbocycles. The van der Waals surface area contributed by atoms with Crippen LogP contribution < -0.4 is 10.3 Å². The van der Waals surface area contributed by atoms with Gasteiger partial charge in [-0.15, -0.1) is 0 Å². The fraction of sp³-hybridized carbons (Fsp3) is 0.273. The van der Waals surface area contributed by atoms with Crippen LogP contribution in [0.25, 0.3) is 22.6 Å². The first-order valence-electron chi connectivity index (χ1n) is 9.37. The van der Waals surface area contributed by atoms with E-state index in [1.165, 1.54) is 23.1 Å². The number of benzene rings is 2. The first-order valence-corrected chi connectivity index (χ1v) is 10.5. The number of thioether (sulfide) groups is 1. The van der Waals surface area contributed by atoms with Gasteiger partial charge in [-0.05, 0) is 29.8 Å². The highest BCUT2D eigenvalue weighted by Crippen LogP contribution is 2.25. The Balaban J connectivity index is 1.69. The Bertz CT molecular complexity index is 995. The summed E-state index contributed by atoms with van der Waals surface area (Å²) >= 11 is 2.00. The number of hydrogen-bond donors (Lipinski definition) is 1. The number of nitrogens with zero attached hydrogens (tertiary/aromatic N) is 2. The van der Waals surface area contributed by atoms with E-state index in [1.807, 2.05) is 54.2 Å². The number of nitrogens with one attached hydrogen (secondary N) is 1. The third-order valence-electron chi connectivity index (χ3n) is 4.90. The molecular weight excluding hydrogens is 370 g/mol. The van der Waals surface area contributed by atoms with Crippen molar-refractivity contribution in [1.29, 1.82) is 0 Å². The smallest absolute Gasteiger partial charge is 0.251 e. The summed E-state index contributed by atoms with van der Waals surface area (Å²) in [5, 5.41) is 0. The van der Waals surface area contributed by atoms with Gasteiger partial charge in [-0.1, -0.05) is 24.3 Å². The Morgan fingerprint density at radius 2 is 1.86 bits per heavy atom. The molecule has 1 aliphatic rings.